The molecule has 0 bridgehead atoms. The van der Waals surface area contributed by atoms with Gasteiger partial charge in [0.05, 0.1) is 37.1 Å². The van der Waals surface area contributed by atoms with Crippen molar-refractivity contribution in [1.29, 1.82) is 0 Å². The molecule has 1 amide bonds. The van der Waals surface area contributed by atoms with Crippen LogP contribution in [0.5, 0.6) is 5.75 Å². The fourth-order valence-electron chi connectivity index (χ4n) is 3.34. The number of benzene rings is 2. The van der Waals surface area contributed by atoms with Crippen LogP contribution in [0, 0.1) is 0 Å². The van der Waals surface area contributed by atoms with Crippen LogP contribution in [0.25, 0.3) is 0 Å². The summed E-state index contributed by atoms with van der Waals surface area (Å²) in [7, 11) is -3.83. The summed E-state index contributed by atoms with van der Waals surface area (Å²) in [6.45, 7) is 2.88. The second kappa shape index (κ2) is 10.3. The molecule has 0 saturated carbocycles. The number of carbonyl (C=O) groups excluding carboxylic acids is 1. The van der Waals surface area contributed by atoms with Crippen LogP contribution in [0.3, 0.4) is 0 Å². The summed E-state index contributed by atoms with van der Waals surface area (Å²) in [4.78, 5) is 14.8. The lowest BCUT2D eigenvalue weighted by Gasteiger charge is -2.21. The Morgan fingerprint density at radius 1 is 0.882 bits per heavy atom. The van der Waals surface area contributed by atoms with Crippen LogP contribution in [0.4, 0.5) is 5.69 Å². The number of rotatable bonds is 10. The lowest BCUT2D eigenvalue weighted by Crippen LogP contribution is -2.30. The lowest BCUT2D eigenvalue weighted by molar-refractivity contribution is 0.0704. The van der Waals surface area contributed by atoms with E-state index in [0.29, 0.717) is 35.1 Å². The number of nitrogens with zero attached hydrogens (tertiary/aromatic N) is 1. The third kappa shape index (κ3) is 5.68. The van der Waals surface area contributed by atoms with Crippen molar-refractivity contribution in [2.45, 2.75) is 24.9 Å². The van der Waals surface area contributed by atoms with Crippen molar-refractivity contribution in [2.24, 2.45) is 0 Å². The minimum Gasteiger partial charge on any atom is -0.494 e. The first kappa shape index (κ1) is 23.2. The molecule has 0 fully saturated rings. The van der Waals surface area contributed by atoms with Crippen LogP contribution in [-0.2, 0) is 23.1 Å². The van der Waals surface area contributed by atoms with Gasteiger partial charge in [-0.1, -0.05) is 0 Å². The number of hydrogen-bond donors (Lipinski definition) is 1. The molecule has 8 nitrogen and oxygen atoms in total. The zero-order valence-corrected chi connectivity index (χ0v) is 19.3. The Bertz CT molecular complexity index is 1260. The van der Waals surface area contributed by atoms with E-state index in [0.717, 1.165) is 0 Å². The highest BCUT2D eigenvalue weighted by Crippen LogP contribution is 2.21. The average Bonchev–Trinajstić information content (AvgIpc) is 3.54. The van der Waals surface area contributed by atoms with Crippen molar-refractivity contribution < 1.29 is 26.8 Å². The number of nitrogens with one attached hydrogen (secondary N) is 1. The van der Waals surface area contributed by atoms with Crippen LogP contribution in [0.1, 0.15) is 28.8 Å². The lowest BCUT2D eigenvalue weighted by atomic mass is 10.2. The van der Waals surface area contributed by atoms with Crippen molar-refractivity contribution in [1.82, 2.24) is 4.90 Å². The molecule has 0 radical (unpaired) electrons. The molecule has 9 heteroatoms. The van der Waals surface area contributed by atoms with Crippen molar-refractivity contribution in [3.05, 3.63) is 102 Å². The first-order chi connectivity index (χ1) is 16.4. The Labute approximate surface area is 197 Å². The summed E-state index contributed by atoms with van der Waals surface area (Å²) in [6.07, 6.45) is 3.09. The van der Waals surface area contributed by atoms with Crippen molar-refractivity contribution in [3.63, 3.8) is 0 Å². The van der Waals surface area contributed by atoms with Gasteiger partial charge >= 0.3 is 0 Å². The molecule has 0 atom stereocenters. The third-order valence-electron chi connectivity index (χ3n) is 4.97. The van der Waals surface area contributed by atoms with E-state index in [1.54, 1.807) is 66.0 Å². The molecule has 0 aliphatic carbocycles. The molecule has 2 heterocycles. The van der Waals surface area contributed by atoms with Crippen molar-refractivity contribution in [3.8, 4) is 5.75 Å². The van der Waals surface area contributed by atoms with Crippen LogP contribution in [0.15, 0.2) is 99.1 Å². The second-order valence-corrected chi connectivity index (χ2v) is 9.09. The van der Waals surface area contributed by atoms with Gasteiger partial charge in [0.15, 0.2) is 0 Å². The number of amides is 1. The van der Waals surface area contributed by atoms with E-state index in [2.05, 4.69) is 4.72 Å². The molecule has 0 saturated heterocycles. The van der Waals surface area contributed by atoms with Crippen molar-refractivity contribution in [2.75, 3.05) is 11.3 Å². The molecule has 4 aromatic rings. The Balaban J connectivity index is 1.49. The maximum Gasteiger partial charge on any atom is 0.261 e. The van der Waals surface area contributed by atoms with Crippen LogP contribution >= 0.6 is 0 Å². The minimum atomic E-state index is -3.83. The van der Waals surface area contributed by atoms with Gasteiger partial charge in [-0.2, -0.15) is 0 Å². The van der Waals surface area contributed by atoms with E-state index >= 15 is 0 Å². The van der Waals surface area contributed by atoms with Gasteiger partial charge in [0.25, 0.3) is 15.9 Å². The molecular weight excluding hydrogens is 456 g/mol. The maximum absolute atomic E-state index is 13.2. The number of sulfonamides is 1. The number of ether oxygens (including phenoxy) is 1. The van der Waals surface area contributed by atoms with E-state index in [1.165, 1.54) is 24.3 Å². The Morgan fingerprint density at radius 2 is 1.47 bits per heavy atom. The summed E-state index contributed by atoms with van der Waals surface area (Å²) in [5.74, 6) is 1.62. The molecule has 0 unspecified atom stereocenters. The SMILES string of the molecule is CCOc1ccc(NS(=O)(=O)c2ccc(C(=O)N(Cc3ccco3)Cc3ccco3)cc2)cc1. The van der Waals surface area contributed by atoms with Gasteiger partial charge in [0.1, 0.15) is 17.3 Å². The fraction of sp³-hybridized carbons (Fsp3) is 0.160. The van der Waals surface area contributed by atoms with Gasteiger partial charge in [-0.25, -0.2) is 8.42 Å². The Kier molecular flexibility index (Phi) is 7.03. The van der Waals surface area contributed by atoms with Crippen LogP contribution in [0.2, 0.25) is 0 Å². The summed E-state index contributed by atoms with van der Waals surface area (Å²) < 4.78 is 44.3. The number of furan rings is 2. The maximum atomic E-state index is 13.2. The molecule has 0 spiro atoms. The van der Waals surface area contributed by atoms with E-state index in [-0.39, 0.29) is 23.9 Å². The molecule has 1 N–H and O–H groups in total. The molecule has 2 aromatic carbocycles. The first-order valence-corrected chi connectivity index (χ1v) is 12.1. The van der Waals surface area contributed by atoms with Gasteiger partial charge in [0.2, 0.25) is 0 Å². The van der Waals surface area contributed by atoms with Gasteiger partial charge < -0.3 is 18.5 Å². The third-order valence-corrected chi connectivity index (χ3v) is 6.37. The highest BCUT2D eigenvalue weighted by molar-refractivity contribution is 7.92. The molecule has 2 aromatic heterocycles. The summed E-state index contributed by atoms with van der Waals surface area (Å²) in [6, 6.07) is 19.5. The molecular formula is C25H24N2O6S. The normalized spacial score (nSPS) is 11.2. The standard InChI is InChI=1S/C25H24N2O6S/c1-2-31-21-11-9-20(10-12-21)26-34(29,30)24-13-7-19(8-14-24)25(28)27(17-22-5-3-15-32-22)18-23-6-4-16-33-23/h3-16,26H,2,17-18H2,1H3. The number of hydrogen-bond acceptors (Lipinski definition) is 6. The molecule has 0 aliphatic rings. The summed E-state index contributed by atoms with van der Waals surface area (Å²) in [5.41, 5.74) is 0.754. The van der Waals surface area contributed by atoms with E-state index in [1.807, 2.05) is 6.92 Å². The predicted molar refractivity (Wildman–Crippen MR) is 126 cm³/mol. The second-order valence-electron chi connectivity index (χ2n) is 7.41. The monoisotopic (exact) mass is 480 g/mol. The van der Waals surface area contributed by atoms with Gasteiger partial charge in [-0.05, 0) is 79.7 Å². The van der Waals surface area contributed by atoms with Crippen molar-refractivity contribution >= 4 is 21.6 Å². The number of carbonyl (C=O) groups is 1. The van der Waals surface area contributed by atoms with Gasteiger partial charge in [0, 0.05) is 11.3 Å². The molecule has 0 aliphatic heterocycles. The number of anilines is 1. The molecule has 34 heavy (non-hydrogen) atoms. The average molecular weight is 481 g/mol. The van der Waals surface area contributed by atoms with Crippen LogP contribution in [-0.4, -0.2) is 25.8 Å². The zero-order chi connectivity index (χ0) is 24.0. The smallest absolute Gasteiger partial charge is 0.261 e. The van der Waals surface area contributed by atoms with E-state index in [9.17, 15) is 13.2 Å². The zero-order valence-electron chi connectivity index (χ0n) is 18.5. The highest BCUT2D eigenvalue weighted by Gasteiger charge is 2.21. The fourth-order valence-corrected chi connectivity index (χ4v) is 4.40. The minimum absolute atomic E-state index is 0.0431. The Morgan fingerprint density at radius 3 is 1.97 bits per heavy atom. The first-order valence-electron chi connectivity index (χ1n) is 10.6. The molecule has 176 valence electrons. The van der Waals surface area contributed by atoms with Gasteiger partial charge in [-0.15, -0.1) is 0 Å². The predicted octanol–water partition coefficient (Wildman–Crippen LogP) is 4.91. The summed E-state index contributed by atoms with van der Waals surface area (Å²) >= 11 is 0. The summed E-state index contributed by atoms with van der Waals surface area (Å²) in [5, 5.41) is 0. The van der Waals surface area contributed by atoms with Gasteiger partial charge in [-0.3, -0.25) is 9.52 Å². The van der Waals surface area contributed by atoms with Crippen LogP contribution < -0.4 is 9.46 Å². The van der Waals surface area contributed by atoms with E-state index < -0.39 is 10.0 Å². The largest absolute Gasteiger partial charge is 0.494 e. The topological polar surface area (TPSA) is 102 Å². The highest BCUT2D eigenvalue weighted by atomic mass is 32.2. The quantitative estimate of drug-likeness (QED) is 0.346. The Hall–Kier alpha value is -3.98. The van der Waals surface area contributed by atoms with E-state index in [4.69, 9.17) is 13.6 Å². The molecule has 4 rings (SSSR count).